The van der Waals surface area contributed by atoms with E-state index in [0.29, 0.717) is 0 Å². The average molecular weight is 290 g/mol. The van der Waals surface area contributed by atoms with E-state index in [1.807, 2.05) is 0 Å². The van der Waals surface area contributed by atoms with Crippen LogP contribution in [-0.4, -0.2) is 38.7 Å². The third-order valence-corrected chi connectivity index (χ3v) is 2.47. The molecule has 1 heterocycles. The maximum Gasteiger partial charge on any atom is 0.295 e. The zero-order chi connectivity index (χ0) is 14.6. The van der Waals surface area contributed by atoms with E-state index in [0.717, 1.165) is 12.3 Å². The Hall–Kier alpha value is -1.77. The molecule has 0 aliphatic rings. The molecule has 1 aromatic heterocycles. The predicted molar refractivity (Wildman–Crippen MR) is 65.6 cm³/mol. The SMILES string of the molecule is CC(=O)NCC(O)C(O)c1ncc(Cl)cc1[N+](=O)[O-]. The second kappa shape index (κ2) is 6.41. The first-order chi connectivity index (χ1) is 8.82. The lowest BCUT2D eigenvalue weighted by Gasteiger charge is -2.17. The van der Waals surface area contributed by atoms with Crippen molar-refractivity contribution in [1.82, 2.24) is 10.3 Å². The van der Waals surface area contributed by atoms with Crippen molar-refractivity contribution in [1.29, 1.82) is 0 Å². The minimum absolute atomic E-state index is 0.0407. The Kier molecular flexibility index (Phi) is 5.16. The fourth-order valence-corrected chi connectivity index (χ4v) is 1.51. The number of pyridine rings is 1. The number of nitrogens with one attached hydrogen (secondary N) is 1. The van der Waals surface area contributed by atoms with E-state index >= 15 is 0 Å². The van der Waals surface area contributed by atoms with Crippen LogP contribution in [0.2, 0.25) is 5.02 Å². The summed E-state index contributed by atoms with van der Waals surface area (Å²) < 4.78 is 0. The van der Waals surface area contributed by atoms with Crippen molar-refractivity contribution < 1.29 is 19.9 Å². The van der Waals surface area contributed by atoms with Gasteiger partial charge in [0.15, 0.2) is 0 Å². The van der Waals surface area contributed by atoms with Crippen LogP contribution in [0.5, 0.6) is 0 Å². The molecule has 3 N–H and O–H groups in total. The number of halogens is 1. The van der Waals surface area contributed by atoms with Crippen LogP contribution in [0.4, 0.5) is 5.69 Å². The number of carbonyl (C=O) groups excluding carboxylic acids is 1. The molecule has 1 aromatic rings. The molecule has 0 aliphatic heterocycles. The zero-order valence-electron chi connectivity index (χ0n) is 9.91. The molecule has 0 fully saturated rings. The van der Waals surface area contributed by atoms with E-state index in [4.69, 9.17) is 11.6 Å². The number of amides is 1. The van der Waals surface area contributed by atoms with Gasteiger partial charge in [0, 0.05) is 25.7 Å². The molecule has 1 rings (SSSR count). The van der Waals surface area contributed by atoms with Crippen molar-refractivity contribution in [2.45, 2.75) is 19.1 Å². The van der Waals surface area contributed by atoms with Crippen molar-refractivity contribution in [2.75, 3.05) is 6.54 Å². The van der Waals surface area contributed by atoms with E-state index in [1.54, 1.807) is 0 Å². The second-order valence-corrected chi connectivity index (χ2v) is 4.20. The summed E-state index contributed by atoms with van der Waals surface area (Å²) in [5.41, 5.74) is -0.811. The number of hydrogen-bond donors (Lipinski definition) is 3. The smallest absolute Gasteiger partial charge is 0.295 e. The predicted octanol–water partition coefficient (Wildman–Crippen LogP) is 0.174. The molecule has 1 amide bonds. The highest BCUT2D eigenvalue weighted by Gasteiger charge is 2.28. The topological polar surface area (TPSA) is 126 Å². The summed E-state index contributed by atoms with van der Waals surface area (Å²) in [7, 11) is 0. The molecular weight excluding hydrogens is 278 g/mol. The summed E-state index contributed by atoms with van der Waals surface area (Å²) in [6.07, 6.45) is -1.90. The number of nitrogens with zero attached hydrogens (tertiary/aromatic N) is 2. The molecule has 19 heavy (non-hydrogen) atoms. The molecule has 9 heteroatoms. The maximum atomic E-state index is 10.8. The van der Waals surface area contributed by atoms with Crippen LogP contribution in [0.15, 0.2) is 12.3 Å². The normalized spacial score (nSPS) is 13.7. The number of aromatic nitrogens is 1. The fourth-order valence-electron chi connectivity index (χ4n) is 1.36. The highest BCUT2D eigenvalue weighted by molar-refractivity contribution is 6.30. The fraction of sp³-hybridized carbons (Fsp3) is 0.400. The van der Waals surface area contributed by atoms with Gasteiger partial charge in [0.05, 0.1) is 9.95 Å². The Bertz CT molecular complexity index is 496. The van der Waals surface area contributed by atoms with Gasteiger partial charge in [0.2, 0.25) is 5.91 Å². The van der Waals surface area contributed by atoms with Crippen LogP contribution in [0, 0.1) is 10.1 Å². The molecule has 0 bridgehead atoms. The van der Waals surface area contributed by atoms with E-state index in [2.05, 4.69) is 10.3 Å². The summed E-state index contributed by atoms with van der Waals surface area (Å²) in [4.78, 5) is 24.4. The lowest BCUT2D eigenvalue weighted by atomic mass is 10.1. The summed E-state index contributed by atoms with van der Waals surface area (Å²) in [5, 5.41) is 32.6. The summed E-state index contributed by atoms with van der Waals surface area (Å²) in [5.74, 6) is -0.398. The van der Waals surface area contributed by atoms with Crippen molar-refractivity contribution in [3.8, 4) is 0 Å². The zero-order valence-corrected chi connectivity index (χ0v) is 10.7. The van der Waals surface area contributed by atoms with Crippen LogP contribution in [0.25, 0.3) is 0 Å². The van der Waals surface area contributed by atoms with Crippen LogP contribution < -0.4 is 5.32 Å². The third kappa shape index (κ3) is 4.12. The maximum absolute atomic E-state index is 10.8. The summed E-state index contributed by atoms with van der Waals surface area (Å²) >= 11 is 5.58. The Morgan fingerprint density at radius 1 is 1.63 bits per heavy atom. The molecule has 104 valence electrons. The lowest BCUT2D eigenvalue weighted by molar-refractivity contribution is -0.386. The van der Waals surface area contributed by atoms with Crippen molar-refractivity contribution in [3.05, 3.63) is 33.1 Å². The van der Waals surface area contributed by atoms with E-state index < -0.39 is 28.7 Å². The Morgan fingerprint density at radius 3 is 2.79 bits per heavy atom. The summed E-state index contributed by atoms with van der Waals surface area (Å²) in [6.45, 7) is 0.986. The van der Waals surface area contributed by atoms with Gasteiger partial charge in [0.1, 0.15) is 17.9 Å². The standard InChI is InChI=1S/C10H12ClN3O5/c1-5(15)12-4-8(16)10(17)9-7(14(18)19)2-6(11)3-13-9/h2-3,8,10,16-17H,4H2,1H3,(H,12,15). The van der Waals surface area contributed by atoms with Gasteiger partial charge in [-0.1, -0.05) is 11.6 Å². The first-order valence-electron chi connectivity index (χ1n) is 5.23. The van der Waals surface area contributed by atoms with Gasteiger partial charge >= 0.3 is 0 Å². The molecule has 8 nitrogen and oxygen atoms in total. The quantitative estimate of drug-likeness (QED) is 0.524. The summed E-state index contributed by atoms with van der Waals surface area (Å²) in [6, 6.07) is 1.03. The highest BCUT2D eigenvalue weighted by atomic mass is 35.5. The number of hydrogen-bond acceptors (Lipinski definition) is 6. The van der Waals surface area contributed by atoms with Crippen LogP contribution in [0.3, 0.4) is 0 Å². The largest absolute Gasteiger partial charge is 0.388 e. The van der Waals surface area contributed by atoms with Gasteiger partial charge in [-0.15, -0.1) is 0 Å². The number of nitro groups is 1. The van der Waals surface area contributed by atoms with Crippen molar-refractivity contribution in [2.24, 2.45) is 0 Å². The number of rotatable bonds is 5. The molecule has 0 saturated carbocycles. The number of carbonyl (C=O) groups is 1. The molecule has 0 aliphatic carbocycles. The molecule has 0 aromatic carbocycles. The molecule has 2 atom stereocenters. The van der Waals surface area contributed by atoms with Gasteiger partial charge in [-0.25, -0.2) is 4.98 Å². The first-order valence-corrected chi connectivity index (χ1v) is 5.61. The molecule has 2 unspecified atom stereocenters. The van der Waals surface area contributed by atoms with Crippen molar-refractivity contribution >= 4 is 23.2 Å². The molecular formula is C10H12ClN3O5. The minimum Gasteiger partial charge on any atom is -0.388 e. The Morgan fingerprint density at radius 2 is 2.26 bits per heavy atom. The van der Waals surface area contributed by atoms with Crippen molar-refractivity contribution in [3.63, 3.8) is 0 Å². The van der Waals surface area contributed by atoms with Gasteiger partial charge in [-0.2, -0.15) is 0 Å². The molecule has 0 radical (unpaired) electrons. The van der Waals surface area contributed by atoms with Gasteiger partial charge < -0.3 is 15.5 Å². The monoisotopic (exact) mass is 289 g/mol. The average Bonchev–Trinajstić information content (AvgIpc) is 2.34. The van der Waals surface area contributed by atoms with Gasteiger partial charge in [0.25, 0.3) is 5.69 Å². The Labute approximate surface area is 113 Å². The second-order valence-electron chi connectivity index (χ2n) is 3.76. The first kappa shape index (κ1) is 15.3. The molecule has 0 spiro atoms. The van der Waals surface area contributed by atoms with Gasteiger partial charge in [-0.05, 0) is 0 Å². The number of aliphatic hydroxyl groups excluding tert-OH is 2. The number of aliphatic hydroxyl groups is 2. The van der Waals surface area contributed by atoms with Crippen LogP contribution in [0.1, 0.15) is 18.7 Å². The Balaban J connectivity index is 2.95. The van der Waals surface area contributed by atoms with E-state index in [1.165, 1.54) is 6.92 Å². The van der Waals surface area contributed by atoms with Crippen LogP contribution in [-0.2, 0) is 4.79 Å². The highest BCUT2D eigenvalue weighted by Crippen LogP contribution is 2.27. The van der Waals surface area contributed by atoms with E-state index in [-0.39, 0.29) is 17.3 Å². The third-order valence-electron chi connectivity index (χ3n) is 2.27. The van der Waals surface area contributed by atoms with E-state index in [9.17, 15) is 25.1 Å². The molecule has 0 saturated heterocycles. The lowest BCUT2D eigenvalue weighted by Crippen LogP contribution is -2.34. The van der Waals surface area contributed by atoms with Crippen LogP contribution >= 0.6 is 11.6 Å². The minimum atomic E-state index is -1.61. The van der Waals surface area contributed by atoms with Gasteiger partial charge in [-0.3, -0.25) is 14.9 Å².